The van der Waals surface area contributed by atoms with Crippen LogP contribution in [-0.4, -0.2) is 53.6 Å². The highest BCUT2D eigenvalue weighted by molar-refractivity contribution is 5.85. The van der Waals surface area contributed by atoms with Gasteiger partial charge < -0.3 is 20.6 Å². The van der Waals surface area contributed by atoms with Crippen molar-refractivity contribution in [3.63, 3.8) is 0 Å². The van der Waals surface area contributed by atoms with Crippen LogP contribution >= 0.6 is 0 Å². The third-order valence-electron chi connectivity index (χ3n) is 6.25. The maximum absolute atomic E-state index is 13.7. The van der Waals surface area contributed by atoms with Gasteiger partial charge in [-0.05, 0) is 49.1 Å². The first-order valence-corrected chi connectivity index (χ1v) is 11.7. The average Bonchev–Trinajstić information content (AvgIpc) is 3.33. The second-order valence-corrected chi connectivity index (χ2v) is 9.13. The Hall–Kier alpha value is -2.84. The molecule has 0 spiro atoms. The van der Waals surface area contributed by atoms with E-state index in [2.05, 4.69) is 10.6 Å². The molecule has 2 aromatic rings. The molecule has 3 rings (SSSR count). The number of hydrogen-bond donors (Lipinski definition) is 3. The Labute approximate surface area is 199 Å². The van der Waals surface area contributed by atoms with E-state index in [1.807, 2.05) is 30.3 Å². The third kappa shape index (κ3) is 7.33. The van der Waals surface area contributed by atoms with Crippen molar-refractivity contribution in [2.24, 2.45) is 5.92 Å². The van der Waals surface area contributed by atoms with Crippen LogP contribution in [0.4, 0.5) is 8.78 Å². The summed E-state index contributed by atoms with van der Waals surface area (Å²) >= 11 is 0. The molecule has 1 aliphatic rings. The van der Waals surface area contributed by atoms with Crippen LogP contribution in [0, 0.1) is 17.6 Å². The second kappa shape index (κ2) is 12.0. The Balaban J connectivity index is 1.64. The molecule has 1 fully saturated rings. The molecule has 34 heavy (non-hydrogen) atoms. The van der Waals surface area contributed by atoms with Gasteiger partial charge in [-0.1, -0.05) is 37.3 Å². The van der Waals surface area contributed by atoms with Gasteiger partial charge in [0, 0.05) is 38.0 Å². The van der Waals surface area contributed by atoms with Crippen molar-refractivity contribution in [2.45, 2.75) is 57.3 Å². The van der Waals surface area contributed by atoms with E-state index in [0.717, 1.165) is 31.0 Å². The normalized spacial score (nSPS) is 18.2. The van der Waals surface area contributed by atoms with Crippen molar-refractivity contribution in [3.05, 3.63) is 71.3 Å². The molecule has 8 heteroatoms. The molecule has 4 atom stereocenters. The van der Waals surface area contributed by atoms with E-state index in [9.17, 15) is 23.5 Å². The molecule has 2 aromatic carbocycles. The number of carbonyl (C=O) groups excluding carboxylic acids is 2. The molecule has 0 aromatic heterocycles. The average molecular weight is 474 g/mol. The molecule has 0 bridgehead atoms. The lowest BCUT2D eigenvalue weighted by atomic mass is 9.94. The van der Waals surface area contributed by atoms with E-state index >= 15 is 0 Å². The summed E-state index contributed by atoms with van der Waals surface area (Å²) < 4.78 is 27.4. The molecule has 2 amide bonds. The van der Waals surface area contributed by atoms with E-state index in [1.165, 1.54) is 12.1 Å². The molecule has 1 heterocycles. The molecule has 1 aliphatic heterocycles. The summed E-state index contributed by atoms with van der Waals surface area (Å²) in [4.78, 5) is 27.2. The van der Waals surface area contributed by atoms with E-state index in [-0.39, 0.29) is 30.7 Å². The zero-order valence-corrected chi connectivity index (χ0v) is 19.6. The van der Waals surface area contributed by atoms with Crippen LogP contribution in [0.25, 0.3) is 0 Å². The summed E-state index contributed by atoms with van der Waals surface area (Å²) in [6.45, 7) is 2.85. The summed E-state index contributed by atoms with van der Waals surface area (Å²) in [6.07, 6.45) is 0.767. The van der Waals surface area contributed by atoms with Gasteiger partial charge in [0.1, 0.15) is 11.6 Å². The number of nitrogens with one attached hydrogen (secondary N) is 2. The number of halogens is 2. The zero-order valence-electron chi connectivity index (χ0n) is 19.6. The molecule has 0 radical (unpaired) electrons. The lowest BCUT2D eigenvalue weighted by molar-refractivity contribution is -0.135. The summed E-state index contributed by atoms with van der Waals surface area (Å²) in [7, 11) is 1.69. The van der Waals surface area contributed by atoms with Crippen LogP contribution in [0.15, 0.2) is 48.5 Å². The number of hydrogen-bond acceptors (Lipinski definition) is 4. The third-order valence-corrected chi connectivity index (χ3v) is 6.25. The van der Waals surface area contributed by atoms with Gasteiger partial charge in [0.05, 0.1) is 12.1 Å². The number of aliphatic hydroxyl groups is 1. The van der Waals surface area contributed by atoms with Gasteiger partial charge in [-0.15, -0.1) is 0 Å². The fraction of sp³-hybridized carbons (Fsp3) is 0.462. The zero-order chi connectivity index (χ0) is 24.7. The van der Waals surface area contributed by atoms with Gasteiger partial charge >= 0.3 is 0 Å². The van der Waals surface area contributed by atoms with Crippen LogP contribution in [0.1, 0.15) is 37.3 Å². The highest BCUT2D eigenvalue weighted by Crippen LogP contribution is 2.18. The molecule has 1 saturated heterocycles. The lowest BCUT2D eigenvalue weighted by Crippen LogP contribution is -2.53. The number of carbonyl (C=O) groups is 2. The SMILES string of the molecule is C[C@@H](CC(=O)N(C)Cc1ccccc1)C(=O)N[C@@H](Cc1cc(F)cc(F)c1)[C@H](O)[C@H]1CCCN1. The van der Waals surface area contributed by atoms with Crippen LogP contribution in [0.3, 0.4) is 0 Å². The fourth-order valence-electron chi connectivity index (χ4n) is 4.30. The molecule has 0 saturated carbocycles. The maximum atomic E-state index is 13.7. The number of benzene rings is 2. The fourth-order valence-corrected chi connectivity index (χ4v) is 4.30. The molecular formula is C26H33F2N3O3. The quantitative estimate of drug-likeness (QED) is 0.496. The second-order valence-electron chi connectivity index (χ2n) is 9.13. The Bertz CT molecular complexity index is 947. The van der Waals surface area contributed by atoms with Gasteiger partial charge in [0.2, 0.25) is 11.8 Å². The number of amides is 2. The first kappa shape index (κ1) is 25.8. The molecular weight excluding hydrogens is 440 g/mol. The standard InChI is InChI=1S/C26H33F2N3O3/c1-17(11-24(32)31(2)16-18-7-4-3-5-8-18)26(34)30-23(25(33)22-9-6-10-29-22)14-19-12-20(27)15-21(28)13-19/h3-5,7-8,12-13,15,17,22-23,25,29,33H,6,9-11,14,16H2,1-2H3,(H,30,34)/t17-,22+,23-,25+/m0/s1. The number of aliphatic hydroxyl groups excluding tert-OH is 1. The monoisotopic (exact) mass is 473 g/mol. The van der Waals surface area contributed by atoms with Crippen molar-refractivity contribution < 1.29 is 23.5 Å². The van der Waals surface area contributed by atoms with Crippen LogP contribution < -0.4 is 10.6 Å². The van der Waals surface area contributed by atoms with Crippen molar-refractivity contribution >= 4 is 11.8 Å². The van der Waals surface area contributed by atoms with Crippen LogP contribution in [0.5, 0.6) is 0 Å². The van der Waals surface area contributed by atoms with Crippen LogP contribution in [0.2, 0.25) is 0 Å². The highest BCUT2D eigenvalue weighted by Gasteiger charge is 2.32. The number of rotatable bonds is 10. The Morgan fingerprint density at radius 2 is 1.82 bits per heavy atom. The number of nitrogens with zero attached hydrogens (tertiary/aromatic N) is 1. The van der Waals surface area contributed by atoms with Crippen molar-refractivity contribution in [2.75, 3.05) is 13.6 Å². The lowest BCUT2D eigenvalue weighted by Gasteiger charge is -2.30. The maximum Gasteiger partial charge on any atom is 0.223 e. The van der Waals surface area contributed by atoms with Crippen LogP contribution in [-0.2, 0) is 22.6 Å². The predicted molar refractivity (Wildman–Crippen MR) is 126 cm³/mol. The molecule has 3 N–H and O–H groups in total. The highest BCUT2D eigenvalue weighted by atomic mass is 19.1. The summed E-state index contributed by atoms with van der Waals surface area (Å²) in [5.41, 5.74) is 1.33. The van der Waals surface area contributed by atoms with Gasteiger partial charge in [-0.2, -0.15) is 0 Å². The summed E-state index contributed by atoms with van der Waals surface area (Å²) in [5, 5.41) is 17.0. The van der Waals surface area contributed by atoms with E-state index in [1.54, 1.807) is 18.9 Å². The smallest absolute Gasteiger partial charge is 0.223 e. The van der Waals surface area contributed by atoms with Gasteiger partial charge in [0.15, 0.2) is 0 Å². The molecule has 184 valence electrons. The van der Waals surface area contributed by atoms with Crippen molar-refractivity contribution in [1.82, 2.24) is 15.5 Å². The molecule has 0 aliphatic carbocycles. The minimum absolute atomic E-state index is 0.00819. The van der Waals surface area contributed by atoms with E-state index < -0.39 is 29.7 Å². The van der Waals surface area contributed by atoms with Crippen molar-refractivity contribution in [3.8, 4) is 0 Å². The minimum Gasteiger partial charge on any atom is -0.389 e. The first-order chi connectivity index (χ1) is 16.2. The predicted octanol–water partition coefficient (Wildman–Crippen LogP) is 2.79. The molecule has 0 unspecified atom stereocenters. The first-order valence-electron chi connectivity index (χ1n) is 11.7. The van der Waals surface area contributed by atoms with Crippen molar-refractivity contribution in [1.29, 1.82) is 0 Å². The molecule has 6 nitrogen and oxygen atoms in total. The largest absolute Gasteiger partial charge is 0.389 e. The summed E-state index contributed by atoms with van der Waals surface area (Å²) in [6, 6.07) is 11.8. The Morgan fingerprint density at radius 1 is 1.15 bits per heavy atom. The Kier molecular flexibility index (Phi) is 9.12. The van der Waals surface area contributed by atoms with Gasteiger partial charge in [0.25, 0.3) is 0 Å². The topological polar surface area (TPSA) is 81.7 Å². The van der Waals surface area contributed by atoms with E-state index in [4.69, 9.17) is 0 Å². The summed E-state index contributed by atoms with van der Waals surface area (Å²) in [5.74, 6) is -2.63. The van der Waals surface area contributed by atoms with Gasteiger partial charge in [-0.3, -0.25) is 9.59 Å². The minimum atomic E-state index is -0.943. The Morgan fingerprint density at radius 3 is 2.44 bits per heavy atom. The van der Waals surface area contributed by atoms with Gasteiger partial charge in [-0.25, -0.2) is 8.78 Å². The van der Waals surface area contributed by atoms with E-state index in [0.29, 0.717) is 12.1 Å².